The summed E-state index contributed by atoms with van der Waals surface area (Å²) in [6, 6.07) is 10.7. The molecule has 7 heteroatoms. The molecular weight excluding hydrogens is 374 g/mol. The molecule has 0 bridgehead atoms. The van der Waals surface area contributed by atoms with Gasteiger partial charge in [0.15, 0.2) is 0 Å². The largest absolute Gasteiger partial charge is 0.439 e. The Balaban J connectivity index is 1.58. The standard InChI is InChI=1S/C17H16BrN3O3/c18-12-2-5-14(6-3-12)24-16-8-1-11(9-20-16)17(23)21-13-4-7-15(22)19-10-13/h1-3,5-6,8-9,13H,4,7,10H2,(H,19,22)(H,21,23). The highest BCUT2D eigenvalue weighted by Crippen LogP contribution is 2.21. The van der Waals surface area contributed by atoms with Crippen LogP contribution in [0, 0.1) is 0 Å². The molecule has 24 heavy (non-hydrogen) atoms. The summed E-state index contributed by atoms with van der Waals surface area (Å²) in [7, 11) is 0. The van der Waals surface area contributed by atoms with Gasteiger partial charge in [0.1, 0.15) is 5.75 Å². The minimum absolute atomic E-state index is 0.0246. The molecule has 6 nitrogen and oxygen atoms in total. The minimum atomic E-state index is -0.209. The van der Waals surface area contributed by atoms with Crippen LogP contribution in [0.25, 0.3) is 0 Å². The van der Waals surface area contributed by atoms with E-state index in [0.29, 0.717) is 36.6 Å². The maximum atomic E-state index is 12.2. The van der Waals surface area contributed by atoms with Gasteiger partial charge in [0, 0.05) is 35.7 Å². The highest BCUT2D eigenvalue weighted by molar-refractivity contribution is 9.10. The van der Waals surface area contributed by atoms with Crippen molar-refractivity contribution in [3.8, 4) is 11.6 Å². The lowest BCUT2D eigenvalue weighted by Gasteiger charge is -2.23. The van der Waals surface area contributed by atoms with Gasteiger partial charge in [-0.05, 0) is 36.8 Å². The summed E-state index contributed by atoms with van der Waals surface area (Å²) in [6.07, 6.45) is 2.56. The van der Waals surface area contributed by atoms with Crippen molar-refractivity contribution in [3.05, 3.63) is 52.6 Å². The number of halogens is 1. The second kappa shape index (κ2) is 7.44. The molecule has 0 spiro atoms. The average Bonchev–Trinajstić information content (AvgIpc) is 2.59. The number of benzene rings is 1. The van der Waals surface area contributed by atoms with Crippen LogP contribution in [-0.2, 0) is 4.79 Å². The second-order valence-electron chi connectivity index (χ2n) is 5.45. The number of carbonyl (C=O) groups excluding carboxylic acids is 2. The summed E-state index contributed by atoms with van der Waals surface area (Å²) < 4.78 is 6.59. The maximum Gasteiger partial charge on any atom is 0.253 e. The summed E-state index contributed by atoms with van der Waals surface area (Å²) in [5.41, 5.74) is 0.454. The van der Waals surface area contributed by atoms with Gasteiger partial charge < -0.3 is 15.4 Å². The topological polar surface area (TPSA) is 80.3 Å². The number of pyridine rings is 1. The Bertz CT molecular complexity index is 722. The average molecular weight is 390 g/mol. The van der Waals surface area contributed by atoms with Crippen molar-refractivity contribution in [2.45, 2.75) is 18.9 Å². The lowest BCUT2D eigenvalue weighted by molar-refractivity contribution is -0.122. The van der Waals surface area contributed by atoms with Crippen LogP contribution in [-0.4, -0.2) is 29.4 Å². The van der Waals surface area contributed by atoms with Crippen LogP contribution in [0.2, 0.25) is 0 Å². The molecule has 2 heterocycles. The molecular formula is C17H16BrN3O3. The summed E-state index contributed by atoms with van der Waals surface area (Å²) in [5.74, 6) is 0.898. The highest BCUT2D eigenvalue weighted by Gasteiger charge is 2.20. The first-order valence-electron chi connectivity index (χ1n) is 7.57. The Labute approximate surface area is 147 Å². The van der Waals surface area contributed by atoms with Crippen molar-refractivity contribution in [1.29, 1.82) is 0 Å². The number of amides is 2. The molecule has 0 aliphatic carbocycles. The zero-order valence-corrected chi connectivity index (χ0v) is 14.4. The van der Waals surface area contributed by atoms with Crippen molar-refractivity contribution in [2.24, 2.45) is 0 Å². The van der Waals surface area contributed by atoms with Crippen LogP contribution >= 0.6 is 15.9 Å². The molecule has 3 rings (SSSR count). The quantitative estimate of drug-likeness (QED) is 0.841. The molecule has 0 saturated carbocycles. The Morgan fingerprint density at radius 2 is 2.04 bits per heavy atom. The fourth-order valence-corrected chi connectivity index (χ4v) is 2.59. The molecule has 1 unspecified atom stereocenters. The van der Waals surface area contributed by atoms with E-state index in [1.165, 1.54) is 6.20 Å². The highest BCUT2D eigenvalue weighted by atomic mass is 79.9. The Hall–Kier alpha value is -2.41. The van der Waals surface area contributed by atoms with Gasteiger partial charge in [-0.15, -0.1) is 0 Å². The molecule has 1 aliphatic rings. The molecule has 124 valence electrons. The molecule has 1 atom stereocenters. The third kappa shape index (κ3) is 4.32. The van der Waals surface area contributed by atoms with Gasteiger partial charge in [-0.1, -0.05) is 15.9 Å². The van der Waals surface area contributed by atoms with Crippen LogP contribution in [0.3, 0.4) is 0 Å². The van der Waals surface area contributed by atoms with E-state index in [1.807, 2.05) is 24.3 Å². The number of nitrogens with one attached hydrogen (secondary N) is 2. The monoisotopic (exact) mass is 389 g/mol. The van der Waals surface area contributed by atoms with Gasteiger partial charge in [-0.3, -0.25) is 9.59 Å². The van der Waals surface area contributed by atoms with E-state index in [4.69, 9.17) is 4.74 Å². The summed E-state index contributed by atoms with van der Waals surface area (Å²) >= 11 is 3.36. The lowest BCUT2D eigenvalue weighted by Crippen LogP contribution is -2.47. The minimum Gasteiger partial charge on any atom is -0.439 e. The maximum absolute atomic E-state index is 12.2. The fraction of sp³-hybridized carbons (Fsp3) is 0.235. The normalized spacial score (nSPS) is 17.0. The predicted molar refractivity (Wildman–Crippen MR) is 92.0 cm³/mol. The Morgan fingerprint density at radius 1 is 1.25 bits per heavy atom. The Morgan fingerprint density at radius 3 is 2.67 bits per heavy atom. The fourth-order valence-electron chi connectivity index (χ4n) is 2.32. The van der Waals surface area contributed by atoms with E-state index < -0.39 is 0 Å². The first kappa shape index (κ1) is 16.4. The zero-order chi connectivity index (χ0) is 16.9. The van der Waals surface area contributed by atoms with Gasteiger partial charge in [0.2, 0.25) is 11.8 Å². The van der Waals surface area contributed by atoms with Gasteiger partial charge in [0.05, 0.1) is 5.56 Å². The third-order valence-corrected chi connectivity index (χ3v) is 4.16. The SMILES string of the molecule is O=C1CCC(NC(=O)c2ccc(Oc3ccc(Br)cc3)nc2)CN1. The molecule has 1 saturated heterocycles. The summed E-state index contributed by atoms with van der Waals surface area (Å²) in [4.78, 5) is 27.5. The van der Waals surface area contributed by atoms with Crippen molar-refractivity contribution in [1.82, 2.24) is 15.6 Å². The van der Waals surface area contributed by atoms with Crippen LogP contribution in [0.4, 0.5) is 0 Å². The number of hydrogen-bond donors (Lipinski definition) is 2. The van der Waals surface area contributed by atoms with E-state index in [9.17, 15) is 9.59 Å². The number of ether oxygens (including phenoxy) is 1. The van der Waals surface area contributed by atoms with Gasteiger partial charge in [-0.2, -0.15) is 0 Å². The molecule has 2 aromatic rings. The van der Waals surface area contributed by atoms with E-state index in [0.717, 1.165) is 4.47 Å². The molecule has 2 amide bonds. The number of carbonyl (C=O) groups is 2. The van der Waals surface area contributed by atoms with E-state index in [-0.39, 0.29) is 17.9 Å². The van der Waals surface area contributed by atoms with E-state index in [2.05, 4.69) is 31.5 Å². The summed E-state index contributed by atoms with van der Waals surface area (Å²) in [5, 5.41) is 5.63. The Kier molecular flexibility index (Phi) is 5.10. The first-order valence-corrected chi connectivity index (χ1v) is 8.36. The zero-order valence-electron chi connectivity index (χ0n) is 12.8. The number of piperidine rings is 1. The van der Waals surface area contributed by atoms with Crippen LogP contribution in [0.5, 0.6) is 11.6 Å². The van der Waals surface area contributed by atoms with Crippen molar-refractivity contribution < 1.29 is 14.3 Å². The second-order valence-corrected chi connectivity index (χ2v) is 6.37. The van der Waals surface area contributed by atoms with Crippen molar-refractivity contribution in [2.75, 3.05) is 6.54 Å². The third-order valence-electron chi connectivity index (χ3n) is 3.64. The van der Waals surface area contributed by atoms with Crippen molar-refractivity contribution >= 4 is 27.7 Å². The summed E-state index contributed by atoms with van der Waals surface area (Å²) in [6.45, 7) is 0.461. The first-order chi connectivity index (χ1) is 11.6. The molecule has 2 N–H and O–H groups in total. The molecule has 1 fully saturated rings. The van der Waals surface area contributed by atoms with E-state index in [1.54, 1.807) is 12.1 Å². The lowest BCUT2D eigenvalue weighted by atomic mass is 10.1. The van der Waals surface area contributed by atoms with E-state index >= 15 is 0 Å². The van der Waals surface area contributed by atoms with Gasteiger partial charge in [0.25, 0.3) is 5.91 Å². The molecule has 1 aliphatic heterocycles. The number of aromatic nitrogens is 1. The van der Waals surface area contributed by atoms with Crippen LogP contribution in [0.1, 0.15) is 23.2 Å². The molecule has 1 aromatic carbocycles. The molecule has 1 aromatic heterocycles. The van der Waals surface area contributed by atoms with Crippen LogP contribution < -0.4 is 15.4 Å². The van der Waals surface area contributed by atoms with Crippen LogP contribution in [0.15, 0.2) is 47.1 Å². The number of rotatable bonds is 4. The smallest absolute Gasteiger partial charge is 0.253 e. The van der Waals surface area contributed by atoms with Gasteiger partial charge >= 0.3 is 0 Å². The number of nitrogens with zero attached hydrogens (tertiary/aromatic N) is 1. The molecule has 0 radical (unpaired) electrons. The van der Waals surface area contributed by atoms with Gasteiger partial charge in [-0.25, -0.2) is 4.98 Å². The number of hydrogen-bond acceptors (Lipinski definition) is 4. The van der Waals surface area contributed by atoms with Crippen molar-refractivity contribution in [3.63, 3.8) is 0 Å². The predicted octanol–water partition coefficient (Wildman–Crippen LogP) is 2.64.